The number of amides is 1. The number of methoxy groups -OCH3 is 1. The normalized spacial score (nSPS) is 10.1. The first kappa shape index (κ1) is 15.5. The van der Waals surface area contributed by atoms with Gasteiger partial charge in [-0.1, -0.05) is 0 Å². The molecule has 0 fully saturated rings. The number of ether oxygens (including phenoxy) is 1. The Morgan fingerprint density at radius 2 is 1.73 bits per heavy atom. The predicted molar refractivity (Wildman–Crippen MR) is 83.5 cm³/mol. The zero-order valence-electron chi connectivity index (χ0n) is 12.5. The van der Waals surface area contributed by atoms with Gasteiger partial charge in [0.15, 0.2) is 0 Å². The summed E-state index contributed by atoms with van der Waals surface area (Å²) in [6.45, 7) is 3.62. The van der Waals surface area contributed by atoms with Gasteiger partial charge in [-0.05, 0) is 55.3 Å². The van der Waals surface area contributed by atoms with Crippen molar-refractivity contribution in [2.75, 3.05) is 12.4 Å². The van der Waals surface area contributed by atoms with Gasteiger partial charge in [0, 0.05) is 11.6 Å². The minimum atomic E-state index is -0.504. The lowest BCUT2D eigenvalue weighted by atomic mass is 10.1. The summed E-state index contributed by atoms with van der Waals surface area (Å²) in [5, 5.41) is 13.7. The Balaban J connectivity index is 2.31. The maximum absolute atomic E-state index is 12.2. The molecule has 0 radical (unpaired) electrons. The summed E-state index contributed by atoms with van der Waals surface area (Å²) in [5.74, 6) is 0.225. The Hall–Kier alpha value is -2.89. The number of benzene rings is 2. The van der Waals surface area contributed by atoms with Crippen LogP contribution in [0.4, 0.5) is 11.4 Å². The van der Waals surface area contributed by atoms with Gasteiger partial charge >= 0.3 is 0 Å². The van der Waals surface area contributed by atoms with Gasteiger partial charge in [0.25, 0.3) is 11.6 Å². The maximum atomic E-state index is 12.2. The van der Waals surface area contributed by atoms with Crippen LogP contribution in [0, 0.1) is 24.0 Å². The van der Waals surface area contributed by atoms with E-state index in [1.165, 1.54) is 13.2 Å². The minimum Gasteiger partial charge on any atom is -0.497 e. The van der Waals surface area contributed by atoms with Crippen molar-refractivity contribution in [3.63, 3.8) is 0 Å². The molecule has 0 saturated heterocycles. The van der Waals surface area contributed by atoms with Crippen LogP contribution in [0.5, 0.6) is 5.75 Å². The second kappa shape index (κ2) is 6.26. The van der Waals surface area contributed by atoms with Crippen molar-refractivity contribution in [2.45, 2.75) is 13.8 Å². The largest absolute Gasteiger partial charge is 0.497 e. The van der Waals surface area contributed by atoms with Crippen LogP contribution in [0.1, 0.15) is 21.5 Å². The number of nitro groups is 1. The molecule has 6 nitrogen and oxygen atoms in total. The molecule has 6 heteroatoms. The molecule has 2 aromatic carbocycles. The van der Waals surface area contributed by atoms with Gasteiger partial charge < -0.3 is 10.1 Å². The zero-order valence-corrected chi connectivity index (χ0v) is 12.5. The smallest absolute Gasteiger partial charge is 0.293 e. The van der Waals surface area contributed by atoms with Crippen LogP contribution in [0.3, 0.4) is 0 Å². The van der Waals surface area contributed by atoms with Crippen molar-refractivity contribution < 1.29 is 14.5 Å². The third-order valence-electron chi connectivity index (χ3n) is 3.41. The van der Waals surface area contributed by atoms with Gasteiger partial charge in [-0.2, -0.15) is 0 Å². The first-order valence-electron chi connectivity index (χ1n) is 6.63. The highest BCUT2D eigenvalue weighted by molar-refractivity contribution is 6.05. The van der Waals surface area contributed by atoms with Gasteiger partial charge in [0.1, 0.15) is 11.4 Å². The fourth-order valence-corrected chi connectivity index (χ4v) is 1.99. The van der Waals surface area contributed by atoms with E-state index in [9.17, 15) is 14.9 Å². The summed E-state index contributed by atoms with van der Waals surface area (Å²) in [7, 11) is 1.54. The molecule has 0 aliphatic rings. The first-order valence-corrected chi connectivity index (χ1v) is 6.63. The highest BCUT2D eigenvalue weighted by Gasteiger charge is 2.18. The molecule has 0 spiro atoms. The highest BCUT2D eigenvalue weighted by Crippen LogP contribution is 2.28. The topological polar surface area (TPSA) is 81.5 Å². The summed E-state index contributed by atoms with van der Waals surface area (Å²) < 4.78 is 5.03. The van der Waals surface area contributed by atoms with Crippen molar-refractivity contribution in [3.05, 3.63) is 63.2 Å². The molecule has 0 aliphatic heterocycles. The predicted octanol–water partition coefficient (Wildman–Crippen LogP) is 3.47. The van der Waals surface area contributed by atoms with Gasteiger partial charge in [0.05, 0.1) is 12.0 Å². The second-order valence-corrected chi connectivity index (χ2v) is 4.89. The van der Waals surface area contributed by atoms with Gasteiger partial charge in [-0.15, -0.1) is 0 Å². The molecule has 0 bridgehead atoms. The van der Waals surface area contributed by atoms with E-state index in [1.807, 2.05) is 6.92 Å². The second-order valence-electron chi connectivity index (χ2n) is 4.89. The maximum Gasteiger partial charge on any atom is 0.293 e. The quantitative estimate of drug-likeness (QED) is 0.692. The molecular formula is C16H16N2O4. The Labute approximate surface area is 127 Å². The molecule has 0 heterocycles. The summed E-state index contributed by atoms with van der Waals surface area (Å²) in [6.07, 6.45) is 0. The monoisotopic (exact) mass is 300 g/mol. The number of carbonyl (C=O) groups excluding carboxylic acids is 1. The number of rotatable bonds is 4. The van der Waals surface area contributed by atoms with Crippen molar-refractivity contribution >= 4 is 17.3 Å². The average molecular weight is 300 g/mol. The molecule has 1 amide bonds. The number of nitrogens with zero attached hydrogens (tertiary/aromatic N) is 1. The Morgan fingerprint density at radius 3 is 2.27 bits per heavy atom. The molecule has 2 aromatic rings. The Kier molecular flexibility index (Phi) is 4.41. The van der Waals surface area contributed by atoms with E-state index >= 15 is 0 Å². The summed E-state index contributed by atoms with van der Waals surface area (Å²) in [6, 6.07) is 9.57. The van der Waals surface area contributed by atoms with E-state index < -0.39 is 10.8 Å². The number of hydrogen-bond acceptors (Lipinski definition) is 4. The molecule has 22 heavy (non-hydrogen) atoms. The van der Waals surface area contributed by atoms with Crippen molar-refractivity contribution in [3.8, 4) is 5.75 Å². The van der Waals surface area contributed by atoms with Crippen LogP contribution in [0.25, 0.3) is 0 Å². The van der Waals surface area contributed by atoms with Crippen LogP contribution in [0.15, 0.2) is 36.4 Å². The van der Waals surface area contributed by atoms with Crippen LogP contribution in [-0.4, -0.2) is 17.9 Å². The van der Waals surface area contributed by atoms with Gasteiger partial charge in [0.2, 0.25) is 0 Å². The molecule has 0 aliphatic carbocycles. The SMILES string of the molecule is COc1ccc(C(=O)Nc2cc(C)c(C)cc2[N+](=O)[O-])cc1. The Morgan fingerprint density at radius 1 is 1.14 bits per heavy atom. The third-order valence-corrected chi connectivity index (χ3v) is 3.41. The van der Waals surface area contributed by atoms with E-state index in [0.717, 1.165) is 11.1 Å². The third kappa shape index (κ3) is 3.22. The number of aryl methyl sites for hydroxylation is 2. The summed E-state index contributed by atoms with van der Waals surface area (Å²) in [4.78, 5) is 22.8. The molecule has 0 unspecified atom stereocenters. The number of nitrogens with one attached hydrogen (secondary N) is 1. The van der Waals surface area contributed by atoms with Gasteiger partial charge in [-0.3, -0.25) is 14.9 Å². The number of nitro benzene ring substituents is 1. The molecule has 2 rings (SSSR count). The van der Waals surface area contributed by atoms with E-state index in [4.69, 9.17) is 4.74 Å². The van der Waals surface area contributed by atoms with Crippen molar-refractivity contribution in [2.24, 2.45) is 0 Å². The van der Waals surface area contributed by atoms with Crippen LogP contribution < -0.4 is 10.1 Å². The summed E-state index contributed by atoms with van der Waals surface area (Å²) in [5.41, 5.74) is 2.14. The van der Waals surface area contributed by atoms with Crippen LogP contribution >= 0.6 is 0 Å². The van der Waals surface area contributed by atoms with E-state index in [2.05, 4.69) is 5.32 Å². The fourth-order valence-electron chi connectivity index (χ4n) is 1.99. The minimum absolute atomic E-state index is 0.120. The summed E-state index contributed by atoms with van der Waals surface area (Å²) >= 11 is 0. The van der Waals surface area contributed by atoms with Crippen molar-refractivity contribution in [1.29, 1.82) is 0 Å². The first-order chi connectivity index (χ1) is 10.4. The lowest BCUT2D eigenvalue weighted by Gasteiger charge is -2.09. The molecule has 0 aromatic heterocycles. The van der Waals surface area contributed by atoms with Crippen LogP contribution in [-0.2, 0) is 0 Å². The average Bonchev–Trinajstić information content (AvgIpc) is 2.50. The number of hydrogen-bond donors (Lipinski definition) is 1. The lowest BCUT2D eigenvalue weighted by Crippen LogP contribution is -2.13. The van der Waals surface area contributed by atoms with E-state index in [1.54, 1.807) is 37.3 Å². The highest BCUT2D eigenvalue weighted by atomic mass is 16.6. The number of anilines is 1. The molecule has 1 N–H and O–H groups in total. The van der Waals surface area contributed by atoms with Gasteiger partial charge in [-0.25, -0.2) is 0 Å². The molecule has 0 atom stereocenters. The fraction of sp³-hybridized carbons (Fsp3) is 0.188. The lowest BCUT2D eigenvalue weighted by molar-refractivity contribution is -0.384. The van der Waals surface area contributed by atoms with Crippen molar-refractivity contribution in [1.82, 2.24) is 0 Å². The zero-order chi connectivity index (χ0) is 16.3. The molecular weight excluding hydrogens is 284 g/mol. The van der Waals surface area contributed by atoms with E-state index in [-0.39, 0.29) is 11.4 Å². The van der Waals surface area contributed by atoms with Crippen LogP contribution in [0.2, 0.25) is 0 Å². The number of carbonyl (C=O) groups is 1. The molecule has 0 saturated carbocycles. The Bertz CT molecular complexity index is 724. The standard InChI is InChI=1S/C16H16N2O4/c1-10-8-14(15(18(20)21)9-11(10)2)17-16(19)12-4-6-13(22-3)7-5-12/h4-9H,1-3H3,(H,17,19). The van der Waals surface area contributed by atoms with E-state index in [0.29, 0.717) is 11.3 Å². The molecule has 114 valence electrons.